The van der Waals surface area contributed by atoms with E-state index in [1.807, 2.05) is 37.3 Å². The first kappa shape index (κ1) is 15.0. The normalized spacial score (nSPS) is 16.3. The minimum Gasteiger partial charge on any atom is -0.423 e. The van der Waals surface area contributed by atoms with Crippen molar-refractivity contribution < 1.29 is 9.52 Å². The summed E-state index contributed by atoms with van der Waals surface area (Å²) in [6.07, 6.45) is 3.91. The van der Waals surface area contributed by atoms with Crippen LogP contribution in [-0.2, 0) is 6.54 Å². The Hall–Kier alpha value is -1.88. The van der Waals surface area contributed by atoms with Crippen LogP contribution in [0.2, 0.25) is 0 Å². The van der Waals surface area contributed by atoms with Crippen molar-refractivity contribution >= 4 is 5.69 Å². The lowest BCUT2D eigenvalue weighted by atomic mass is 9.85. The van der Waals surface area contributed by atoms with Gasteiger partial charge in [0.2, 0.25) is 11.8 Å². The van der Waals surface area contributed by atoms with Crippen molar-refractivity contribution in [2.75, 3.05) is 11.4 Å². The molecule has 118 valence electrons. The average molecular weight is 301 g/mol. The molecule has 1 saturated carbocycles. The lowest BCUT2D eigenvalue weighted by Crippen LogP contribution is -2.31. The fourth-order valence-electron chi connectivity index (χ4n) is 2.60. The Labute approximate surface area is 131 Å². The molecule has 1 aromatic heterocycles. The van der Waals surface area contributed by atoms with E-state index in [0.29, 0.717) is 24.9 Å². The van der Waals surface area contributed by atoms with Crippen molar-refractivity contribution in [2.24, 2.45) is 0 Å². The molecule has 1 aliphatic carbocycles. The molecule has 1 fully saturated rings. The predicted molar refractivity (Wildman–Crippen MR) is 84.7 cm³/mol. The van der Waals surface area contributed by atoms with Gasteiger partial charge in [-0.25, -0.2) is 0 Å². The van der Waals surface area contributed by atoms with Crippen LogP contribution in [0.15, 0.2) is 34.7 Å². The molecule has 22 heavy (non-hydrogen) atoms. The third-order valence-electron chi connectivity index (χ3n) is 4.29. The zero-order valence-corrected chi connectivity index (χ0v) is 13.0. The SMILES string of the molecule is CC[C@@H](O)CN(Cc1nnc(C2CCC2)o1)c1ccccc1. The molecule has 1 atom stereocenters. The minimum atomic E-state index is -0.366. The first-order valence-electron chi connectivity index (χ1n) is 8.06. The fourth-order valence-corrected chi connectivity index (χ4v) is 2.60. The van der Waals surface area contributed by atoms with E-state index >= 15 is 0 Å². The summed E-state index contributed by atoms with van der Waals surface area (Å²) < 4.78 is 5.81. The molecule has 1 aromatic carbocycles. The van der Waals surface area contributed by atoms with Gasteiger partial charge in [-0.15, -0.1) is 10.2 Å². The molecule has 0 saturated heterocycles. The quantitative estimate of drug-likeness (QED) is 0.851. The van der Waals surface area contributed by atoms with Crippen molar-refractivity contribution in [1.82, 2.24) is 10.2 Å². The van der Waals surface area contributed by atoms with E-state index in [1.165, 1.54) is 6.42 Å². The molecule has 1 heterocycles. The first-order chi connectivity index (χ1) is 10.8. The van der Waals surface area contributed by atoms with Gasteiger partial charge in [-0.05, 0) is 31.4 Å². The molecular weight excluding hydrogens is 278 g/mol. The van der Waals surface area contributed by atoms with Crippen molar-refractivity contribution in [1.29, 1.82) is 0 Å². The molecule has 2 aromatic rings. The van der Waals surface area contributed by atoms with E-state index in [-0.39, 0.29) is 6.10 Å². The lowest BCUT2D eigenvalue weighted by molar-refractivity contribution is 0.174. The number of benzene rings is 1. The number of hydrogen-bond acceptors (Lipinski definition) is 5. The maximum atomic E-state index is 10.00. The summed E-state index contributed by atoms with van der Waals surface area (Å²) in [5.41, 5.74) is 1.05. The second-order valence-corrected chi connectivity index (χ2v) is 5.94. The second kappa shape index (κ2) is 6.92. The molecule has 1 N–H and O–H groups in total. The Kier molecular flexibility index (Phi) is 4.73. The van der Waals surface area contributed by atoms with Gasteiger partial charge >= 0.3 is 0 Å². The molecule has 0 aliphatic heterocycles. The van der Waals surface area contributed by atoms with Crippen LogP contribution < -0.4 is 4.90 Å². The largest absolute Gasteiger partial charge is 0.423 e. The standard InChI is InChI=1S/C17H23N3O2/c1-2-15(21)11-20(14-9-4-3-5-10-14)12-16-18-19-17(22-16)13-7-6-8-13/h3-5,9-10,13,15,21H,2,6-8,11-12H2,1H3/t15-/m1/s1. The number of hydrogen-bond donors (Lipinski definition) is 1. The third kappa shape index (κ3) is 3.47. The highest BCUT2D eigenvalue weighted by molar-refractivity contribution is 5.46. The van der Waals surface area contributed by atoms with Gasteiger partial charge in [0.25, 0.3) is 0 Å². The van der Waals surface area contributed by atoms with Gasteiger partial charge < -0.3 is 14.4 Å². The summed E-state index contributed by atoms with van der Waals surface area (Å²) in [6, 6.07) is 10.0. The molecule has 5 heteroatoms. The molecule has 0 amide bonds. The Balaban J connectivity index is 1.72. The fraction of sp³-hybridized carbons (Fsp3) is 0.529. The number of rotatable bonds is 7. The highest BCUT2D eigenvalue weighted by atomic mass is 16.4. The maximum absolute atomic E-state index is 10.00. The summed E-state index contributed by atoms with van der Waals surface area (Å²) in [7, 11) is 0. The van der Waals surface area contributed by atoms with Crippen molar-refractivity contribution in [3.05, 3.63) is 42.1 Å². The van der Waals surface area contributed by atoms with E-state index in [2.05, 4.69) is 15.1 Å². The number of anilines is 1. The maximum Gasteiger partial charge on any atom is 0.235 e. The molecular formula is C17H23N3O2. The summed E-state index contributed by atoms with van der Waals surface area (Å²) in [4.78, 5) is 2.09. The van der Waals surface area contributed by atoms with Crippen molar-refractivity contribution in [3.8, 4) is 0 Å². The molecule has 0 radical (unpaired) electrons. The number of aliphatic hydroxyl groups excluding tert-OH is 1. The Morgan fingerprint density at radius 1 is 1.27 bits per heavy atom. The van der Waals surface area contributed by atoms with Crippen molar-refractivity contribution in [2.45, 2.75) is 51.2 Å². The number of para-hydroxylation sites is 1. The second-order valence-electron chi connectivity index (χ2n) is 5.94. The van der Waals surface area contributed by atoms with E-state index in [4.69, 9.17) is 4.42 Å². The van der Waals surface area contributed by atoms with Gasteiger partial charge in [-0.2, -0.15) is 0 Å². The Bertz CT molecular complexity index is 581. The number of aromatic nitrogens is 2. The topological polar surface area (TPSA) is 62.4 Å². The lowest BCUT2D eigenvalue weighted by Gasteiger charge is -2.25. The van der Waals surface area contributed by atoms with Gasteiger partial charge in [-0.3, -0.25) is 0 Å². The Morgan fingerprint density at radius 3 is 2.68 bits per heavy atom. The zero-order chi connectivity index (χ0) is 15.4. The molecule has 0 unspecified atom stereocenters. The summed E-state index contributed by atoms with van der Waals surface area (Å²) >= 11 is 0. The van der Waals surface area contributed by atoms with Crippen LogP contribution in [-0.4, -0.2) is 28.0 Å². The van der Waals surface area contributed by atoms with E-state index in [0.717, 1.165) is 30.8 Å². The van der Waals surface area contributed by atoms with Gasteiger partial charge in [0.05, 0.1) is 12.6 Å². The molecule has 3 rings (SSSR count). The zero-order valence-electron chi connectivity index (χ0n) is 13.0. The predicted octanol–water partition coefficient (Wildman–Crippen LogP) is 3.11. The van der Waals surface area contributed by atoms with Crippen LogP contribution in [0, 0.1) is 0 Å². The first-order valence-corrected chi connectivity index (χ1v) is 8.06. The van der Waals surface area contributed by atoms with Gasteiger partial charge in [0.15, 0.2) is 0 Å². The number of aliphatic hydroxyl groups is 1. The molecule has 0 spiro atoms. The van der Waals surface area contributed by atoms with Gasteiger partial charge in [0, 0.05) is 18.2 Å². The van der Waals surface area contributed by atoms with Crippen molar-refractivity contribution in [3.63, 3.8) is 0 Å². The van der Waals surface area contributed by atoms with E-state index in [9.17, 15) is 5.11 Å². The summed E-state index contributed by atoms with van der Waals surface area (Å²) in [6.45, 7) is 3.07. The van der Waals surface area contributed by atoms with Crippen LogP contribution in [0.4, 0.5) is 5.69 Å². The van der Waals surface area contributed by atoms with Gasteiger partial charge in [-0.1, -0.05) is 31.5 Å². The molecule has 5 nitrogen and oxygen atoms in total. The van der Waals surface area contributed by atoms with Crippen LogP contribution in [0.25, 0.3) is 0 Å². The molecule has 0 bridgehead atoms. The monoisotopic (exact) mass is 301 g/mol. The summed E-state index contributed by atoms with van der Waals surface area (Å²) in [5, 5.41) is 18.4. The molecule has 1 aliphatic rings. The third-order valence-corrected chi connectivity index (χ3v) is 4.29. The van der Waals surface area contributed by atoms with Crippen LogP contribution in [0.3, 0.4) is 0 Å². The Morgan fingerprint density at radius 2 is 2.05 bits per heavy atom. The van der Waals surface area contributed by atoms with Crippen LogP contribution in [0.1, 0.15) is 50.3 Å². The highest BCUT2D eigenvalue weighted by Gasteiger charge is 2.25. The van der Waals surface area contributed by atoms with E-state index in [1.54, 1.807) is 0 Å². The van der Waals surface area contributed by atoms with Gasteiger partial charge in [0.1, 0.15) is 0 Å². The summed E-state index contributed by atoms with van der Waals surface area (Å²) in [5.74, 6) is 1.84. The van der Waals surface area contributed by atoms with Crippen LogP contribution >= 0.6 is 0 Å². The van der Waals surface area contributed by atoms with Crippen LogP contribution in [0.5, 0.6) is 0 Å². The smallest absolute Gasteiger partial charge is 0.235 e. The van der Waals surface area contributed by atoms with E-state index < -0.39 is 0 Å². The number of nitrogens with zero attached hydrogens (tertiary/aromatic N) is 3. The average Bonchev–Trinajstić information content (AvgIpc) is 2.93. The minimum absolute atomic E-state index is 0.366. The highest BCUT2D eigenvalue weighted by Crippen LogP contribution is 2.35.